The van der Waals surface area contributed by atoms with Gasteiger partial charge in [0, 0.05) is 0 Å². The summed E-state index contributed by atoms with van der Waals surface area (Å²) in [6, 6.07) is 8.46. The van der Waals surface area contributed by atoms with Crippen molar-refractivity contribution in [3.63, 3.8) is 0 Å². The van der Waals surface area contributed by atoms with E-state index in [1.165, 1.54) is 5.56 Å². The Kier molecular flexibility index (Phi) is 5.21. The van der Waals surface area contributed by atoms with E-state index in [1.807, 2.05) is 13.8 Å². The highest BCUT2D eigenvalue weighted by Crippen LogP contribution is 2.37. The first-order valence-corrected chi connectivity index (χ1v) is 6.81. The molecular formula is C16H27NO. The number of hydrogen-bond acceptors (Lipinski definition) is 2. The minimum Gasteiger partial charge on any atom is -0.491 e. The molecule has 18 heavy (non-hydrogen) atoms. The Labute approximate surface area is 112 Å². The molecule has 0 saturated carbocycles. The lowest BCUT2D eigenvalue weighted by atomic mass is 9.75. The van der Waals surface area contributed by atoms with Gasteiger partial charge in [0.15, 0.2) is 0 Å². The molecule has 1 aromatic carbocycles. The van der Waals surface area contributed by atoms with Crippen LogP contribution in [0.1, 0.15) is 52.5 Å². The number of hydrogen-bond donors (Lipinski definition) is 1. The van der Waals surface area contributed by atoms with E-state index in [-0.39, 0.29) is 11.5 Å². The molecule has 0 radical (unpaired) electrons. The summed E-state index contributed by atoms with van der Waals surface area (Å²) in [5, 5.41) is 0. The molecule has 0 aliphatic heterocycles. The zero-order valence-corrected chi connectivity index (χ0v) is 12.4. The van der Waals surface area contributed by atoms with Crippen molar-refractivity contribution in [2.45, 2.75) is 53.1 Å². The van der Waals surface area contributed by atoms with E-state index in [9.17, 15) is 0 Å². The largest absolute Gasteiger partial charge is 0.491 e. The molecule has 0 spiro atoms. The Morgan fingerprint density at radius 3 is 2.06 bits per heavy atom. The Morgan fingerprint density at radius 1 is 1.11 bits per heavy atom. The zero-order valence-electron chi connectivity index (χ0n) is 12.4. The standard InChI is InChI=1S/C16H27NO/c1-12(2)18-14-8-6-13(7-9-14)15(10-11-17)16(3,4)5/h6-9,12,15H,10-11,17H2,1-5H3. The van der Waals surface area contributed by atoms with Crippen molar-refractivity contribution in [3.05, 3.63) is 29.8 Å². The summed E-state index contributed by atoms with van der Waals surface area (Å²) >= 11 is 0. The van der Waals surface area contributed by atoms with E-state index in [0.717, 1.165) is 18.7 Å². The molecule has 0 aliphatic rings. The highest BCUT2D eigenvalue weighted by Gasteiger charge is 2.25. The van der Waals surface area contributed by atoms with Gasteiger partial charge in [-0.2, -0.15) is 0 Å². The molecule has 1 rings (SSSR count). The molecule has 0 aromatic heterocycles. The maximum absolute atomic E-state index is 5.73. The van der Waals surface area contributed by atoms with Crippen LogP contribution in [0.4, 0.5) is 0 Å². The summed E-state index contributed by atoms with van der Waals surface area (Å²) in [5.74, 6) is 1.43. The fourth-order valence-corrected chi connectivity index (χ4v) is 2.32. The molecule has 1 aromatic rings. The highest BCUT2D eigenvalue weighted by molar-refractivity contribution is 5.30. The van der Waals surface area contributed by atoms with E-state index in [1.54, 1.807) is 0 Å². The lowest BCUT2D eigenvalue weighted by Gasteiger charge is -2.31. The molecule has 1 unspecified atom stereocenters. The zero-order chi connectivity index (χ0) is 13.8. The molecule has 0 amide bonds. The fraction of sp³-hybridized carbons (Fsp3) is 0.625. The van der Waals surface area contributed by atoms with E-state index >= 15 is 0 Å². The minimum absolute atomic E-state index is 0.221. The third-order valence-electron chi connectivity index (χ3n) is 3.15. The summed E-state index contributed by atoms with van der Waals surface area (Å²) in [5.41, 5.74) is 7.32. The molecule has 0 bridgehead atoms. The fourth-order valence-electron chi connectivity index (χ4n) is 2.32. The minimum atomic E-state index is 0.221. The lowest BCUT2D eigenvalue weighted by Crippen LogP contribution is -2.21. The topological polar surface area (TPSA) is 35.2 Å². The average molecular weight is 249 g/mol. The summed E-state index contributed by atoms with van der Waals surface area (Å²) in [6.07, 6.45) is 1.24. The van der Waals surface area contributed by atoms with Gasteiger partial charge in [0.25, 0.3) is 0 Å². The first-order valence-electron chi connectivity index (χ1n) is 6.81. The summed E-state index contributed by atoms with van der Waals surface area (Å²) in [4.78, 5) is 0. The maximum atomic E-state index is 5.73. The first kappa shape index (κ1) is 15.0. The molecule has 1 atom stereocenters. The van der Waals surface area contributed by atoms with E-state index in [2.05, 4.69) is 45.0 Å². The van der Waals surface area contributed by atoms with E-state index in [0.29, 0.717) is 5.92 Å². The van der Waals surface area contributed by atoms with Crippen LogP contribution in [0.15, 0.2) is 24.3 Å². The molecule has 0 heterocycles. The van der Waals surface area contributed by atoms with Crippen molar-refractivity contribution in [2.75, 3.05) is 6.54 Å². The van der Waals surface area contributed by atoms with Crippen LogP contribution in [-0.2, 0) is 0 Å². The third kappa shape index (κ3) is 4.34. The smallest absolute Gasteiger partial charge is 0.119 e. The summed E-state index contributed by atoms with van der Waals surface area (Å²) in [7, 11) is 0. The predicted octanol–water partition coefficient (Wildman–Crippen LogP) is 3.95. The Bertz CT molecular complexity index is 348. The van der Waals surface area contributed by atoms with Crippen molar-refractivity contribution in [1.82, 2.24) is 0 Å². The van der Waals surface area contributed by atoms with Gasteiger partial charge in [0.2, 0.25) is 0 Å². The SMILES string of the molecule is CC(C)Oc1ccc(C(CCN)C(C)(C)C)cc1. The van der Waals surface area contributed by atoms with Gasteiger partial charge in [-0.05, 0) is 55.8 Å². The Morgan fingerprint density at radius 2 is 1.67 bits per heavy atom. The second-order valence-electron chi connectivity index (χ2n) is 6.23. The van der Waals surface area contributed by atoms with Gasteiger partial charge in [0.1, 0.15) is 5.75 Å². The van der Waals surface area contributed by atoms with Gasteiger partial charge in [-0.1, -0.05) is 32.9 Å². The number of benzene rings is 1. The second-order valence-corrected chi connectivity index (χ2v) is 6.23. The van der Waals surface area contributed by atoms with Gasteiger partial charge < -0.3 is 10.5 Å². The summed E-state index contributed by atoms with van der Waals surface area (Å²) < 4.78 is 5.67. The van der Waals surface area contributed by atoms with Crippen LogP contribution >= 0.6 is 0 Å². The van der Waals surface area contributed by atoms with Crippen LogP contribution < -0.4 is 10.5 Å². The number of nitrogens with two attached hydrogens (primary N) is 1. The Balaban J connectivity index is 2.87. The quantitative estimate of drug-likeness (QED) is 0.857. The van der Waals surface area contributed by atoms with Gasteiger partial charge in [-0.15, -0.1) is 0 Å². The van der Waals surface area contributed by atoms with Gasteiger partial charge in [-0.3, -0.25) is 0 Å². The highest BCUT2D eigenvalue weighted by atomic mass is 16.5. The molecule has 2 heteroatoms. The van der Waals surface area contributed by atoms with Crippen LogP contribution in [0.25, 0.3) is 0 Å². The van der Waals surface area contributed by atoms with Gasteiger partial charge in [0.05, 0.1) is 6.10 Å². The van der Waals surface area contributed by atoms with Crippen LogP contribution in [0.5, 0.6) is 5.75 Å². The molecule has 2 N–H and O–H groups in total. The summed E-state index contributed by atoms with van der Waals surface area (Å²) in [6.45, 7) is 11.6. The normalized spacial score (nSPS) is 13.7. The van der Waals surface area contributed by atoms with Crippen molar-refractivity contribution >= 4 is 0 Å². The number of rotatable bonds is 5. The van der Waals surface area contributed by atoms with Crippen LogP contribution in [0.2, 0.25) is 0 Å². The number of ether oxygens (including phenoxy) is 1. The molecular weight excluding hydrogens is 222 g/mol. The predicted molar refractivity (Wildman–Crippen MR) is 78.1 cm³/mol. The molecule has 0 aliphatic carbocycles. The second kappa shape index (κ2) is 6.24. The monoisotopic (exact) mass is 249 g/mol. The van der Waals surface area contributed by atoms with Crippen molar-refractivity contribution in [3.8, 4) is 5.75 Å². The molecule has 0 saturated heterocycles. The first-order chi connectivity index (χ1) is 8.34. The third-order valence-corrected chi connectivity index (χ3v) is 3.15. The van der Waals surface area contributed by atoms with Crippen molar-refractivity contribution in [1.29, 1.82) is 0 Å². The van der Waals surface area contributed by atoms with Gasteiger partial charge in [-0.25, -0.2) is 0 Å². The van der Waals surface area contributed by atoms with E-state index in [4.69, 9.17) is 10.5 Å². The molecule has 102 valence electrons. The van der Waals surface area contributed by atoms with E-state index < -0.39 is 0 Å². The van der Waals surface area contributed by atoms with Crippen LogP contribution in [0.3, 0.4) is 0 Å². The average Bonchev–Trinajstić information content (AvgIpc) is 2.25. The van der Waals surface area contributed by atoms with Crippen molar-refractivity contribution in [2.24, 2.45) is 11.1 Å². The van der Waals surface area contributed by atoms with Gasteiger partial charge >= 0.3 is 0 Å². The molecule has 2 nitrogen and oxygen atoms in total. The van der Waals surface area contributed by atoms with Crippen molar-refractivity contribution < 1.29 is 4.74 Å². The maximum Gasteiger partial charge on any atom is 0.119 e. The van der Waals surface area contributed by atoms with Crippen LogP contribution in [0, 0.1) is 5.41 Å². The lowest BCUT2D eigenvalue weighted by molar-refractivity contribution is 0.242. The van der Waals surface area contributed by atoms with Crippen LogP contribution in [-0.4, -0.2) is 12.6 Å². The molecule has 0 fully saturated rings. The Hall–Kier alpha value is -1.02.